The highest BCUT2D eigenvalue weighted by Gasteiger charge is 2.31. The predicted molar refractivity (Wildman–Crippen MR) is 54.5 cm³/mol. The Morgan fingerprint density at radius 1 is 1.41 bits per heavy atom. The van der Waals surface area contributed by atoms with Crippen LogP contribution in [-0.4, -0.2) is 17.4 Å². The van der Waals surface area contributed by atoms with Gasteiger partial charge >= 0.3 is 12.3 Å². The van der Waals surface area contributed by atoms with E-state index in [-0.39, 0.29) is 11.3 Å². The number of ether oxygens (including phenoxy) is 1. The standard InChI is InChI=1S/C11H9F3O3/c1-7-6-8(3-5-10(15)16)2-4-9(7)17-11(12,13)14/h2-6H,1H3,(H,15,16)/b5-3+. The number of carboxylic acid groups (broad SMARTS) is 1. The van der Waals surface area contributed by atoms with Crippen LogP contribution in [-0.2, 0) is 4.79 Å². The van der Waals surface area contributed by atoms with Crippen LogP contribution in [0.2, 0.25) is 0 Å². The van der Waals surface area contributed by atoms with Crippen LogP contribution in [0.25, 0.3) is 6.08 Å². The second-order valence-corrected chi connectivity index (χ2v) is 3.24. The van der Waals surface area contributed by atoms with Gasteiger partial charge in [0, 0.05) is 6.08 Å². The van der Waals surface area contributed by atoms with Crippen molar-refractivity contribution in [3.8, 4) is 5.75 Å². The first kappa shape index (κ1) is 13.1. The molecular formula is C11H9F3O3. The van der Waals surface area contributed by atoms with Gasteiger partial charge in [-0.1, -0.05) is 6.07 Å². The smallest absolute Gasteiger partial charge is 0.478 e. The summed E-state index contributed by atoms with van der Waals surface area (Å²) < 4.78 is 39.7. The van der Waals surface area contributed by atoms with Crippen LogP contribution in [0.3, 0.4) is 0 Å². The summed E-state index contributed by atoms with van der Waals surface area (Å²) >= 11 is 0. The van der Waals surface area contributed by atoms with E-state index in [4.69, 9.17) is 5.11 Å². The summed E-state index contributed by atoms with van der Waals surface area (Å²) in [5.74, 6) is -1.43. The molecule has 0 bridgehead atoms. The fourth-order valence-corrected chi connectivity index (χ4v) is 1.18. The highest BCUT2D eigenvalue weighted by atomic mass is 19.4. The Balaban J connectivity index is 2.90. The summed E-state index contributed by atoms with van der Waals surface area (Å²) in [6, 6.07) is 3.89. The number of carboxylic acids is 1. The molecule has 0 saturated carbocycles. The van der Waals surface area contributed by atoms with Crippen molar-refractivity contribution in [2.45, 2.75) is 13.3 Å². The Labute approximate surface area is 95.1 Å². The number of aliphatic carboxylic acids is 1. The molecule has 0 atom stereocenters. The van der Waals surface area contributed by atoms with Gasteiger partial charge in [-0.3, -0.25) is 0 Å². The third-order valence-electron chi connectivity index (χ3n) is 1.84. The molecule has 0 spiro atoms. The van der Waals surface area contributed by atoms with Gasteiger partial charge in [0.2, 0.25) is 0 Å². The quantitative estimate of drug-likeness (QED) is 0.834. The summed E-state index contributed by atoms with van der Waals surface area (Å²) in [7, 11) is 0. The lowest BCUT2D eigenvalue weighted by molar-refractivity contribution is -0.274. The van der Waals surface area contributed by atoms with E-state index in [0.29, 0.717) is 5.56 Å². The second kappa shape index (κ2) is 4.90. The second-order valence-electron chi connectivity index (χ2n) is 3.24. The van der Waals surface area contributed by atoms with E-state index in [1.54, 1.807) is 0 Å². The van der Waals surface area contributed by atoms with Gasteiger partial charge in [0.15, 0.2) is 0 Å². The zero-order chi connectivity index (χ0) is 13.1. The van der Waals surface area contributed by atoms with Gasteiger partial charge < -0.3 is 9.84 Å². The molecule has 0 aliphatic carbocycles. The molecule has 0 unspecified atom stereocenters. The first-order chi connectivity index (χ1) is 7.78. The lowest BCUT2D eigenvalue weighted by Gasteiger charge is -2.11. The third-order valence-corrected chi connectivity index (χ3v) is 1.84. The number of rotatable bonds is 3. The Morgan fingerprint density at radius 2 is 2.06 bits per heavy atom. The minimum atomic E-state index is -4.73. The lowest BCUT2D eigenvalue weighted by atomic mass is 10.1. The molecule has 0 radical (unpaired) electrons. The van der Waals surface area contributed by atoms with Gasteiger partial charge in [0.05, 0.1) is 0 Å². The van der Waals surface area contributed by atoms with Crippen LogP contribution >= 0.6 is 0 Å². The molecule has 0 fully saturated rings. The zero-order valence-electron chi connectivity index (χ0n) is 8.78. The van der Waals surface area contributed by atoms with E-state index in [1.807, 2.05) is 0 Å². The number of benzene rings is 1. The molecule has 3 nitrogen and oxygen atoms in total. The Hall–Kier alpha value is -1.98. The molecule has 1 N–H and O–H groups in total. The number of aryl methyl sites for hydroxylation is 1. The molecule has 6 heteroatoms. The molecule has 0 amide bonds. The summed E-state index contributed by atoms with van der Waals surface area (Å²) in [5, 5.41) is 8.39. The minimum absolute atomic E-state index is 0.273. The first-order valence-corrected chi connectivity index (χ1v) is 4.55. The molecule has 1 aromatic rings. The maximum atomic E-state index is 12.0. The van der Waals surface area contributed by atoms with Gasteiger partial charge in [0.1, 0.15) is 5.75 Å². The summed E-state index contributed by atoms with van der Waals surface area (Å²) in [6.45, 7) is 1.44. The van der Waals surface area contributed by atoms with Crippen molar-refractivity contribution in [1.82, 2.24) is 0 Å². The fourth-order valence-electron chi connectivity index (χ4n) is 1.18. The first-order valence-electron chi connectivity index (χ1n) is 4.55. The van der Waals surface area contributed by atoms with E-state index in [9.17, 15) is 18.0 Å². The Morgan fingerprint density at radius 3 is 2.53 bits per heavy atom. The van der Waals surface area contributed by atoms with Gasteiger partial charge in [-0.15, -0.1) is 13.2 Å². The Kier molecular flexibility index (Phi) is 3.77. The minimum Gasteiger partial charge on any atom is -0.478 e. The molecule has 17 heavy (non-hydrogen) atoms. The molecule has 0 aliphatic rings. The fraction of sp³-hybridized carbons (Fsp3) is 0.182. The predicted octanol–water partition coefficient (Wildman–Crippen LogP) is 2.99. The summed E-state index contributed by atoms with van der Waals surface area (Å²) in [5.41, 5.74) is 0.759. The van der Waals surface area contributed by atoms with Gasteiger partial charge in [-0.05, 0) is 36.3 Å². The van der Waals surface area contributed by atoms with Crippen LogP contribution in [0.5, 0.6) is 5.75 Å². The number of hydrogen-bond donors (Lipinski definition) is 1. The normalized spacial score (nSPS) is 11.8. The highest BCUT2D eigenvalue weighted by Crippen LogP contribution is 2.26. The monoisotopic (exact) mass is 246 g/mol. The van der Waals surface area contributed by atoms with Crippen LogP contribution in [0.1, 0.15) is 11.1 Å². The molecule has 0 heterocycles. The van der Waals surface area contributed by atoms with E-state index < -0.39 is 12.3 Å². The van der Waals surface area contributed by atoms with Crippen molar-refractivity contribution < 1.29 is 27.8 Å². The number of halogens is 3. The van der Waals surface area contributed by atoms with Crippen LogP contribution in [0.15, 0.2) is 24.3 Å². The topological polar surface area (TPSA) is 46.5 Å². The average Bonchev–Trinajstić information content (AvgIpc) is 2.17. The number of carbonyl (C=O) groups is 1. The van der Waals surface area contributed by atoms with E-state index in [0.717, 1.165) is 12.1 Å². The van der Waals surface area contributed by atoms with E-state index in [2.05, 4.69) is 4.74 Å². The third kappa shape index (κ3) is 4.58. The average molecular weight is 246 g/mol. The van der Waals surface area contributed by atoms with Crippen molar-refractivity contribution in [2.75, 3.05) is 0 Å². The van der Waals surface area contributed by atoms with Gasteiger partial charge in [0.25, 0.3) is 0 Å². The molecule has 0 aliphatic heterocycles. The largest absolute Gasteiger partial charge is 0.573 e. The maximum Gasteiger partial charge on any atom is 0.573 e. The van der Waals surface area contributed by atoms with Crippen molar-refractivity contribution in [3.63, 3.8) is 0 Å². The van der Waals surface area contributed by atoms with Crippen molar-refractivity contribution in [3.05, 3.63) is 35.4 Å². The lowest BCUT2D eigenvalue weighted by Crippen LogP contribution is -2.17. The van der Waals surface area contributed by atoms with Crippen LogP contribution in [0.4, 0.5) is 13.2 Å². The van der Waals surface area contributed by atoms with Gasteiger partial charge in [-0.2, -0.15) is 0 Å². The Bertz CT molecular complexity index is 450. The van der Waals surface area contributed by atoms with Crippen LogP contribution < -0.4 is 4.74 Å². The number of hydrogen-bond acceptors (Lipinski definition) is 2. The molecule has 0 aromatic heterocycles. The highest BCUT2D eigenvalue weighted by molar-refractivity contribution is 5.85. The van der Waals surface area contributed by atoms with Crippen molar-refractivity contribution in [1.29, 1.82) is 0 Å². The SMILES string of the molecule is Cc1cc(/C=C/C(=O)O)ccc1OC(F)(F)F. The zero-order valence-corrected chi connectivity index (χ0v) is 8.78. The van der Waals surface area contributed by atoms with Crippen molar-refractivity contribution >= 4 is 12.0 Å². The van der Waals surface area contributed by atoms with E-state index >= 15 is 0 Å². The number of alkyl halides is 3. The summed E-state index contributed by atoms with van der Waals surface area (Å²) in [4.78, 5) is 10.3. The molecule has 92 valence electrons. The molecule has 0 saturated heterocycles. The van der Waals surface area contributed by atoms with E-state index in [1.165, 1.54) is 25.1 Å². The molecular weight excluding hydrogens is 237 g/mol. The van der Waals surface area contributed by atoms with Gasteiger partial charge in [-0.25, -0.2) is 4.79 Å². The molecule has 1 rings (SSSR count). The summed E-state index contributed by atoms with van der Waals surface area (Å²) in [6.07, 6.45) is -2.55. The maximum absolute atomic E-state index is 12.0. The molecule has 1 aromatic carbocycles. The van der Waals surface area contributed by atoms with Crippen LogP contribution in [0, 0.1) is 6.92 Å². The van der Waals surface area contributed by atoms with Crippen molar-refractivity contribution in [2.24, 2.45) is 0 Å².